The van der Waals surface area contributed by atoms with Gasteiger partial charge in [-0.3, -0.25) is 4.72 Å². The summed E-state index contributed by atoms with van der Waals surface area (Å²) in [5, 5.41) is 3.67. The summed E-state index contributed by atoms with van der Waals surface area (Å²) in [7, 11) is -3.68. The first-order chi connectivity index (χ1) is 8.81. The van der Waals surface area contributed by atoms with Crippen LogP contribution >= 0.6 is 0 Å². The van der Waals surface area contributed by atoms with Crippen molar-refractivity contribution in [3.05, 3.63) is 40.8 Å². The molecule has 1 N–H and O–H groups in total. The highest BCUT2D eigenvalue weighted by atomic mass is 32.2. The summed E-state index contributed by atoms with van der Waals surface area (Å²) in [4.78, 5) is 0.105. The van der Waals surface area contributed by atoms with E-state index in [0.29, 0.717) is 11.4 Å². The van der Waals surface area contributed by atoms with Crippen LogP contribution in [0.3, 0.4) is 0 Å². The molecule has 6 heteroatoms. The molecule has 0 fully saturated rings. The van der Waals surface area contributed by atoms with Gasteiger partial charge in [-0.2, -0.15) is 0 Å². The molecule has 0 spiro atoms. The normalized spacial score (nSPS) is 11.6. The first kappa shape index (κ1) is 13.6. The van der Waals surface area contributed by atoms with E-state index in [2.05, 4.69) is 9.88 Å². The van der Waals surface area contributed by atoms with E-state index in [0.717, 1.165) is 11.1 Å². The van der Waals surface area contributed by atoms with Crippen molar-refractivity contribution < 1.29 is 12.9 Å². The number of anilines is 1. The monoisotopic (exact) mass is 280 g/mol. The molecule has 0 aliphatic rings. The largest absolute Gasteiger partial charge is 0.360 e. The number of benzene rings is 1. The van der Waals surface area contributed by atoms with E-state index in [1.807, 2.05) is 26.0 Å². The minimum Gasteiger partial charge on any atom is -0.360 e. The van der Waals surface area contributed by atoms with Gasteiger partial charge >= 0.3 is 0 Å². The molecule has 1 heterocycles. The molecule has 1 aromatic heterocycles. The van der Waals surface area contributed by atoms with Gasteiger partial charge in [-0.1, -0.05) is 17.3 Å². The fourth-order valence-electron chi connectivity index (χ4n) is 1.90. The third kappa shape index (κ3) is 2.63. The number of hydrogen-bond acceptors (Lipinski definition) is 4. The van der Waals surface area contributed by atoms with Crippen LogP contribution in [0.1, 0.15) is 22.6 Å². The SMILES string of the molecule is Cc1ccc(C)c(NS(=O)(=O)c2c(C)noc2C)c1. The zero-order valence-corrected chi connectivity index (χ0v) is 12.1. The molecule has 0 radical (unpaired) electrons. The van der Waals surface area contributed by atoms with Crippen molar-refractivity contribution in [2.45, 2.75) is 32.6 Å². The van der Waals surface area contributed by atoms with Crippen LogP contribution < -0.4 is 4.72 Å². The van der Waals surface area contributed by atoms with E-state index in [1.165, 1.54) is 0 Å². The van der Waals surface area contributed by atoms with Crippen LogP contribution in [0.25, 0.3) is 0 Å². The molecule has 0 aliphatic carbocycles. The number of sulfonamides is 1. The highest BCUT2D eigenvalue weighted by Gasteiger charge is 2.24. The third-order valence-electron chi connectivity index (χ3n) is 2.87. The molecule has 19 heavy (non-hydrogen) atoms. The van der Waals surface area contributed by atoms with E-state index in [-0.39, 0.29) is 10.7 Å². The smallest absolute Gasteiger partial charge is 0.267 e. The van der Waals surface area contributed by atoms with Gasteiger partial charge in [-0.25, -0.2) is 8.42 Å². The van der Waals surface area contributed by atoms with Crippen LogP contribution in [0.5, 0.6) is 0 Å². The first-order valence-corrected chi connectivity index (χ1v) is 7.32. The van der Waals surface area contributed by atoms with Crippen LogP contribution in [0.2, 0.25) is 0 Å². The molecular formula is C13H16N2O3S. The Bertz CT molecular complexity index is 698. The number of aryl methyl sites for hydroxylation is 4. The summed E-state index contributed by atoms with van der Waals surface area (Å²) in [6.07, 6.45) is 0. The average molecular weight is 280 g/mol. The Hall–Kier alpha value is -1.82. The van der Waals surface area contributed by atoms with Gasteiger partial charge in [0.2, 0.25) is 0 Å². The third-order valence-corrected chi connectivity index (χ3v) is 4.48. The van der Waals surface area contributed by atoms with Crippen molar-refractivity contribution in [1.29, 1.82) is 0 Å². The molecule has 0 amide bonds. The zero-order chi connectivity index (χ0) is 14.2. The lowest BCUT2D eigenvalue weighted by Crippen LogP contribution is -2.15. The van der Waals surface area contributed by atoms with Gasteiger partial charge in [0.1, 0.15) is 5.69 Å². The van der Waals surface area contributed by atoms with Crippen LogP contribution in [-0.4, -0.2) is 13.6 Å². The van der Waals surface area contributed by atoms with Crippen LogP contribution in [0, 0.1) is 27.7 Å². The van der Waals surface area contributed by atoms with Crippen molar-refractivity contribution in [2.24, 2.45) is 0 Å². The molecular weight excluding hydrogens is 264 g/mol. The Morgan fingerprint density at radius 1 is 1.16 bits per heavy atom. The van der Waals surface area contributed by atoms with Crippen LogP contribution in [0.4, 0.5) is 5.69 Å². The lowest BCUT2D eigenvalue weighted by molar-refractivity contribution is 0.390. The lowest BCUT2D eigenvalue weighted by Gasteiger charge is -2.10. The second kappa shape index (κ2) is 4.70. The summed E-state index contributed by atoms with van der Waals surface area (Å²) >= 11 is 0. The van der Waals surface area contributed by atoms with E-state index < -0.39 is 10.0 Å². The highest BCUT2D eigenvalue weighted by molar-refractivity contribution is 7.92. The van der Waals surface area contributed by atoms with Crippen molar-refractivity contribution in [2.75, 3.05) is 4.72 Å². The number of nitrogens with zero attached hydrogens (tertiary/aromatic N) is 1. The first-order valence-electron chi connectivity index (χ1n) is 5.84. The maximum atomic E-state index is 12.4. The lowest BCUT2D eigenvalue weighted by atomic mass is 10.1. The number of nitrogens with one attached hydrogen (secondary N) is 1. The molecule has 102 valence electrons. The molecule has 2 rings (SSSR count). The summed E-state index contributed by atoms with van der Waals surface area (Å²) in [5.41, 5.74) is 2.78. The second-order valence-electron chi connectivity index (χ2n) is 4.58. The Morgan fingerprint density at radius 2 is 1.84 bits per heavy atom. The standard InChI is InChI=1S/C13H16N2O3S/c1-8-5-6-9(2)12(7-8)15-19(16,17)13-10(3)14-18-11(13)4/h5-7,15H,1-4H3. The zero-order valence-electron chi connectivity index (χ0n) is 11.3. The molecule has 1 aromatic carbocycles. The molecule has 0 bridgehead atoms. The number of hydrogen-bond donors (Lipinski definition) is 1. The number of rotatable bonds is 3. The minimum atomic E-state index is -3.68. The minimum absolute atomic E-state index is 0.105. The fourth-order valence-corrected chi connectivity index (χ4v) is 3.35. The van der Waals surface area contributed by atoms with Crippen molar-refractivity contribution in [3.63, 3.8) is 0 Å². The molecule has 5 nitrogen and oxygen atoms in total. The van der Waals surface area contributed by atoms with Crippen LogP contribution in [0.15, 0.2) is 27.6 Å². The molecule has 0 atom stereocenters. The molecule has 0 unspecified atom stereocenters. The summed E-state index contributed by atoms with van der Waals surface area (Å²) in [6.45, 7) is 6.95. The predicted molar refractivity (Wildman–Crippen MR) is 72.7 cm³/mol. The van der Waals surface area contributed by atoms with E-state index in [1.54, 1.807) is 19.9 Å². The Balaban J connectivity index is 2.45. The Morgan fingerprint density at radius 3 is 2.42 bits per heavy atom. The van der Waals surface area contributed by atoms with Gasteiger partial charge in [0.05, 0.1) is 5.69 Å². The van der Waals surface area contributed by atoms with Gasteiger partial charge in [0, 0.05) is 0 Å². The van der Waals surface area contributed by atoms with Gasteiger partial charge in [0.25, 0.3) is 10.0 Å². The second-order valence-corrected chi connectivity index (χ2v) is 6.20. The van der Waals surface area contributed by atoms with E-state index in [4.69, 9.17) is 4.52 Å². The van der Waals surface area contributed by atoms with Gasteiger partial charge in [-0.05, 0) is 44.9 Å². The Kier molecular flexibility index (Phi) is 3.36. The summed E-state index contributed by atoms with van der Waals surface area (Å²) in [5.74, 6) is 0.287. The summed E-state index contributed by atoms with van der Waals surface area (Å²) < 4.78 is 32.2. The van der Waals surface area contributed by atoms with Gasteiger partial charge in [-0.15, -0.1) is 0 Å². The predicted octanol–water partition coefficient (Wildman–Crippen LogP) is 2.71. The fraction of sp³-hybridized carbons (Fsp3) is 0.308. The quantitative estimate of drug-likeness (QED) is 0.938. The molecule has 0 saturated carbocycles. The maximum Gasteiger partial charge on any atom is 0.267 e. The number of aromatic nitrogens is 1. The van der Waals surface area contributed by atoms with Gasteiger partial charge < -0.3 is 4.52 Å². The topological polar surface area (TPSA) is 72.2 Å². The van der Waals surface area contributed by atoms with E-state index >= 15 is 0 Å². The van der Waals surface area contributed by atoms with Crippen LogP contribution in [-0.2, 0) is 10.0 Å². The van der Waals surface area contributed by atoms with Gasteiger partial charge in [0.15, 0.2) is 10.7 Å². The average Bonchev–Trinajstić information content (AvgIpc) is 2.64. The van der Waals surface area contributed by atoms with Crippen molar-refractivity contribution >= 4 is 15.7 Å². The maximum absolute atomic E-state index is 12.4. The summed E-state index contributed by atoms with van der Waals surface area (Å²) in [6, 6.07) is 5.61. The molecule has 0 aliphatic heterocycles. The van der Waals surface area contributed by atoms with Crippen molar-refractivity contribution in [3.8, 4) is 0 Å². The molecule has 0 saturated heterocycles. The van der Waals surface area contributed by atoms with Crippen molar-refractivity contribution in [1.82, 2.24) is 5.16 Å². The Labute approximate surface area is 112 Å². The highest BCUT2D eigenvalue weighted by Crippen LogP contribution is 2.24. The van der Waals surface area contributed by atoms with E-state index in [9.17, 15) is 8.42 Å². The molecule has 2 aromatic rings.